The minimum Gasteiger partial charge on any atom is -0.493 e. The van der Waals surface area contributed by atoms with Crippen LogP contribution in [-0.2, 0) is 9.53 Å². The largest absolute Gasteiger partial charge is 0.493 e. The Morgan fingerprint density at radius 1 is 1.19 bits per heavy atom. The van der Waals surface area contributed by atoms with Gasteiger partial charge in [0.05, 0.1) is 36.1 Å². The number of methoxy groups -OCH3 is 1. The maximum absolute atomic E-state index is 13.9. The molecule has 2 aliphatic rings. The third kappa shape index (κ3) is 4.37. The van der Waals surface area contributed by atoms with Gasteiger partial charge < -0.3 is 23.7 Å². The standard InChI is InChI=1S/C27H26N2O7S/c1-5-33-24-17(8-7-9-19(24)32-4)23-22(26(31)34-6-2)15(3)28-27-29(23)25(30)21(37-27)13-16-10-11-18-20(12-16)36-14-35-18/h7-13,23H,5-6,14H2,1-4H3/b21-13+/t23-/m1/s1. The predicted molar refractivity (Wildman–Crippen MR) is 137 cm³/mol. The zero-order valence-electron chi connectivity index (χ0n) is 20.9. The van der Waals surface area contributed by atoms with Crippen molar-refractivity contribution in [1.29, 1.82) is 0 Å². The van der Waals surface area contributed by atoms with Gasteiger partial charge in [-0.3, -0.25) is 9.36 Å². The molecule has 0 saturated heterocycles. The summed E-state index contributed by atoms with van der Waals surface area (Å²) in [5.74, 6) is 1.70. The SMILES string of the molecule is CCOC(=O)C1=C(C)N=c2s/c(=C/c3ccc4c(c3)OCO4)c(=O)n2[C@@H]1c1cccc(OC)c1OCC. The number of rotatable bonds is 7. The average molecular weight is 523 g/mol. The Morgan fingerprint density at radius 2 is 2.00 bits per heavy atom. The lowest BCUT2D eigenvalue weighted by Crippen LogP contribution is -2.40. The van der Waals surface area contributed by atoms with E-state index in [0.29, 0.717) is 50.2 Å². The van der Waals surface area contributed by atoms with Crippen molar-refractivity contribution in [2.24, 2.45) is 4.99 Å². The Morgan fingerprint density at radius 3 is 2.76 bits per heavy atom. The molecule has 0 aliphatic carbocycles. The number of thiazole rings is 1. The molecule has 5 rings (SSSR count). The van der Waals surface area contributed by atoms with Gasteiger partial charge in [-0.2, -0.15) is 0 Å². The summed E-state index contributed by atoms with van der Waals surface area (Å²) in [7, 11) is 1.55. The van der Waals surface area contributed by atoms with Gasteiger partial charge in [0.2, 0.25) is 6.79 Å². The fraction of sp³-hybridized carbons (Fsp3) is 0.296. The van der Waals surface area contributed by atoms with E-state index in [9.17, 15) is 9.59 Å². The summed E-state index contributed by atoms with van der Waals surface area (Å²) < 4.78 is 29.7. The molecule has 0 bridgehead atoms. The summed E-state index contributed by atoms with van der Waals surface area (Å²) in [4.78, 5) is 32.2. The Balaban J connectivity index is 1.74. The molecular formula is C27H26N2O7S. The predicted octanol–water partition coefficient (Wildman–Crippen LogP) is 2.93. The Labute approximate surface area is 216 Å². The van der Waals surface area contributed by atoms with E-state index in [1.54, 1.807) is 39.2 Å². The fourth-order valence-corrected chi connectivity index (χ4v) is 5.49. The molecule has 3 heterocycles. The molecule has 0 spiro atoms. The van der Waals surface area contributed by atoms with Crippen molar-refractivity contribution in [3.63, 3.8) is 0 Å². The molecule has 3 aromatic rings. The van der Waals surface area contributed by atoms with E-state index >= 15 is 0 Å². The van der Waals surface area contributed by atoms with Crippen molar-refractivity contribution in [1.82, 2.24) is 4.57 Å². The van der Waals surface area contributed by atoms with Gasteiger partial charge in [-0.1, -0.05) is 29.5 Å². The van der Waals surface area contributed by atoms with Crippen molar-refractivity contribution in [3.8, 4) is 23.0 Å². The van der Waals surface area contributed by atoms with Gasteiger partial charge in [0.1, 0.15) is 6.04 Å². The summed E-state index contributed by atoms with van der Waals surface area (Å²) in [5.41, 5.74) is 1.85. The number of para-hydroxylation sites is 1. The van der Waals surface area contributed by atoms with E-state index in [-0.39, 0.29) is 24.5 Å². The number of aromatic nitrogens is 1. The van der Waals surface area contributed by atoms with Crippen LogP contribution in [0.3, 0.4) is 0 Å². The van der Waals surface area contributed by atoms with Gasteiger partial charge in [0.25, 0.3) is 5.56 Å². The van der Waals surface area contributed by atoms with Crippen LogP contribution in [0.4, 0.5) is 0 Å². The quantitative estimate of drug-likeness (QED) is 0.440. The van der Waals surface area contributed by atoms with Crippen LogP contribution < -0.4 is 33.8 Å². The van der Waals surface area contributed by atoms with Gasteiger partial charge in [-0.15, -0.1) is 0 Å². The fourth-order valence-electron chi connectivity index (χ4n) is 4.45. The van der Waals surface area contributed by atoms with Crippen LogP contribution >= 0.6 is 11.3 Å². The molecule has 2 aromatic carbocycles. The van der Waals surface area contributed by atoms with Crippen LogP contribution in [0.15, 0.2) is 57.5 Å². The van der Waals surface area contributed by atoms with Crippen LogP contribution in [0.1, 0.15) is 37.9 Å². The van der Waals surface area contributed by atoms with Crippen molar-refractivity contribution in [2.75, 3.05) is 27.1 Å². The van der Waals surface area contributed by atoms with Crippen LogP contribution in [0.2, 0.25) is 0 Å². The summed E-state index contributed by atoms with van der Waals surface area (Å²) in [6.45, 7) is 6.07. The second-order valence-corrected chi connectivity index (χ2v) is 9.24. The second kappa shape index (κ2) is 10.1. The number of hydrogen-bond donors (Lipinski definition) is 0. The monoisotopic (exact) mass is 522 g/mol. The lowest BCUT2D eigenvalue weighted by molar-refractivity contribution is -0.139. The molecule has 0 unspecified atom stereocenters. The number of nitrogens with zero attached hydrogens (tertiary/aromatic N) is 2. The number of carbonyl (C=O) groups is 1. The first-order chi connectivity index (χ1) is 18.0. The molecule has 9 nitrogen and oxygen atoms in total. The van der Waals surface area contributed by atoms with Crippen LogP contribution in [0.25, 0.3) is 6.08 Å². The summed E-state index contributed by atoms with van der Waals surface area (Å²) in [6.07, 6.45) is 1.78. The Bertz CT molecular complexity index is 1580. The molecule has 1 atom stereocenters. The number of hydrogen-bond acceptors (Lipinski definition) is 9. The first-order valence-corrected chi connectivity index (χ1v) is 12.7. The highest BCUT2D eigenvalue weighted by Gasteiger charge is 2.36. The van der Waals surface area contributed by atoms with Crippen molar-refractivity contribution in [2.45, 2.75) is 26.8 Å². The molecule has 0 radical (unpaired) electrons. The topological polar surface area (TPSA) is 97.6 Å². The van der Waals surface area contributed by atoms with Gasteiger partial charge in [-0.25, -0.2) is 9.79 Å². The summed E-state index contributed by atoms with van der Waals surface area (Å²) in [6, 6.07) is 10.1. The zero-order chi connectivity index (χ0) is 26.1. The van der Waals surface area contributed by atoms with Gasteiger partial charge in [0, 0.05) is 5.56 Å². The number of allylic oxidation sites excluding steroid dienone is 1. The highest BCUT2D eigenvalue weighted by Crippen LogP contribution is 2.40. The number of benzene rings is 2. The molecular weight excluding hydrogens is 496 g/mol. The highest BCUT2D eigenvalue weighted by atomic mass is 32.1. The third-order valence-corrected chi connectivity index (χ3v) is 7.01. The minimum absolute atomic E-state index is 0.166. The molecule has 37 heavy (non-hydrogen) atoms. The van der Waals surface area contributed by atoms with Crippen LogP contribution in [0.5, 0.6) is 23.0 Å². The highest BCUT2D eigenvalue weighted by molar-refractivity contribution is 7.07. The third-order valence-electron chi connectivity index (χ3n) is 6.02. The average Bonchev–Trinajstić information content (AvgIpc) is 3.47. The van der Waals surface area contributed by atoms with Crippen molar-refractivity contribution in [3.05, 3.63) is 78.5 Å². The van der Waals surface area contributed by atoms with Crippen molar-refractivity contribution >= 4 is 23.4 Å². The van der Waals surface area contributed by atoms with Crippen molar-refractivity contribution < 1.29 is 28.5 Å². The molecule has 0 N–H and O–H groups in total. The van der Waals surface area contributed by atoms with E-state index in [0.717, 1.165) is 5.56 Å². The molecule has 0 fully saturated rings. The number of ether oxygens (including phenoxy) is 5. The number of esters is 1. The van der Waals surface area contributed by atoms with E-state index in [1.807, 2.05) is 31.2 Å². The van der Waals surface area contributed by atoms with E-state index in [4.69, 9.17) is 23.7 Å². The van der Waals surface area contributed by atoms with Gasteiger partial charge in [0.15, 0.2) is 27.8 Å². The molecule has 192 valence electrons. The number of fused-ring (bicyclic) bond motifs is 2. The molecule has 0 amide bonds. The smallest absolute Gasteiger partial charge is 0.338 e. The maximum Gasteiger partial charge on any atom is 0.338 e. The molecule has 10 heteroatoms. The van der Waals surface area contributed by atoms with Gasteiger partial charge >= 0.3 is 5.97 Å². The van der Waals surface area contributed by atoms with E-state index in [2.05, 4.69) is 4.99 Å². The number of carbonyl (C=O) groups excluding carboxylic acids is 1. The lowest BCUT2D eigenvalue weighted by Gasteiger charge is -2.26. The Kier molecular flexibility index (Phi) is 6.75. The zero-order valence-corrected chi connectivity index (χ0v) is 21.7. The van der Waals surface area contributed by atoms with Crippen LogP contribution in [0, 0.1) is 0 Å². The van der Waals surface area contributed by atoms with E-state index < -0.39 is 12.0 Å². The summed E-state index contributed by atoms with van der Waals surface area (Å²) >= 11 is 1.25. The summed E-state index contributed by atoms with van der Waals surface area (Å²) in [5, 5.41) is 0. The lowest BCUT2D eigenvalue weighted by atomic mass is 9.94. The van der Waals surface area contributed by atoms with Crippen LogP contribution in [-0.4, -0.2) is 37.7 Å². The van der Waals surface area contributed by atoms with Gasteiger partial charge in [-0.05, 0) is 50.6 Å². The first-order valence-electron chi connectivity index (χ1n) is 11.9. The normalized spacial score (nSPS) is 16.3. The maximum atomic E-state index is 13.9. The molecule has 1 aromatic heterocycles. The molecule has 0 saturated carbocycles. The minimum atomic E-state index is -0.814. The van der Waals surface area contributed by atoms with E-state index in [1.165, 1.54) is 15.9 Å². The molecule has 2 aliphatic heterocycles. The Hall–Kier alpha value is -4.05. The second-order valence-electron chi connectivity index (χ2n) is 8.23. The first kappa shape index (κ1) is 24.6.